The summed E-state index contributed by atoms with van der Waals surface area (Å²) in [5, 5.41) is 8.16. The van der Waals surface area contributed by atoms with Crippen LogP contribution in [0.2, 0.25) is 0 Å². The zero-order valence-corrected chi connectivity index (χ0v) is 15.4. The van der Waals surface area contributed by atoms with Crippen LogP contribution in [0.25, 0.3) is 16.9 Å². The number of fused-ring (bicyclic) bond motifs is 1. The Morgan fingerprint density at radius 3 is 2.57 bits per heavy atom. The van der Waals surface area contributed by atoms with Crippen LogP contribution < -0.4 is 10.1 Å². The van der Waals surface area contributed by atoms with E-state index in [4.69, 9.17) is 9.84 Å². The molecule has 0 amide bonds. The molecule has 4 nitrogen and oxygen atoms in total. The van der Waals surface area contributed by atoms with E-state index >= 15 is 0 Å². The van der Waals surface area contributed by atoms with Gasteiger partial charge in [0, 0.05) is 17.7 Å². The molecular formula is C21H20F3N3O. The molecule has 2 heterocycles. The summed E-state index contributed by atoms with van der Waals surface area (Å²) in [5.41, 5.74) is 2.74. The van der Waals surface area contributed by atoms with Crippen LogP contribution in [0.3, 0.4) is 0 Å². The summed E-state index contributed by atoms with van der Waals surface area (Å²) >= 11 is 0. The molecule has 1 aliphatic heterocycles. The highest BCUT2D eigenvalue weighted by atomic mass is 19.4. The highest BCUT2D eigenvalue weighted by Crippen LogP contribution is 2.36. The Morgan fingerprint density at radius 2 is 1.86 bits per heavy atom. The fraction of sp³-hybridized carbons (Fsp3) is 0.286. The minimum absolute atomic E-state index is 0.591. The predicted molar refractivity (Wildman–Crippen MR) is 102 cm³/mol. The van der Waals surface area contributed by atoms with Crippen molar-refractivity contribution in [3.05, 3.63) is 59.7 Å². The summed E-state index contributed by atoms with van der Waals surface area (Å²) in [7, 11) is 1.61. The second kappa shape index (κ2) is 7.22. The molecule has 1 N–H and O–H groups in total. The maximum Gasteiger partial charge on any atom is 0.416 e. The van der Waals surface area contributed by atoms with Crippen molar-refractivity contribution in [2.75, 3.05) is 19.0 Å². The quantitative estimate of drug-likeness (QED) is 0.662. The van der Waals surface area contributed by atoms with Crippen molar-refractivity contribution in [3.63, 3.8) is 0 Å². The van der Waals surface area contributed by atoms with Crippen LogP contribution in [-0.2, 0) is 12.6 Å². The van der Waals surface area contributed by atoms with Crippen molar-refractivity contribution in [1.82, 2.24) is 9.78 Å². The molecule has 0 spiro atoms. The summed E-state index contributed by atoms with van der Waals surface area (Å²) in [6.45, 7) is 0.802. The second-order valence-corrected chi connectivity index (χ2v) is 6.75. The van der Waals surface area contributed by atoms with E-state index in [2.05, 4.69) is 5.32 Å². The maximum absolute atomic E-state index is 12.9. The molecule has 0 fully saturated rings. The average molecular weight is 387 g/mol. The van der Waals surface area contributed by atoms with Crippen molar-refractivity contribution >= 4 is 5.82 Å². The fourth-order valence-corrected chi connectivity index (χ4v) is 3.48. The van der Waals surface area contributed by atoms with Gasteiger partial charge in [-0.25, -0.2) is 4.68 Å². The molecule has 0 aliphatic carbocycles. The average Bonchev–Trinajstić information content (AvgIpc) is 2.88. The van der Waals surface area contributed by atoms with Crippen LogP contribution in [0, 0.1) is 0 Å². The molecule has 0 bridgehead atoms. The van der Waals surface area contributed by atoms with Gasteiger partial charge in [0.05, 0.1) is 24.1 Å². The van der Waals surface area contributed by atoms with E-state index in [-0.39, 0.29) is 0 Å². The topological polar surface area (TPSA) is 39.1 Å². The highest BCUT2D eigenvalue weighted by Gasteiger charge is 2.30. The molecule has 1 aliphatic rings. The highest BCUT2D eigenvalue weighted by molar-refractivity contribution is 5.72. The zero-order chi connectivity index (χ0) is 19.7. The van der Waals surface area contributed by atoms with Crippen molar-refractivity contribution < 1.29 is 17.9 Å². The number of methoxy groups -OCH3 is 1. The van der Waals surface area contributed by atoms with Gasteiger partial charge in [0.15, 0.2) is 0 Å². The first-order valence-electron chi connectivity index (χ1n) is 9.15. The van der Waals surface area contributed by atoms with Crippen molar-refractivity contribution in [2.24, 2.45) is 0 Å². The first-order valence-corrected chi connectivity index (χ1v) is 9.15. The molecule has 0 saturated carbocycles. The van der Waals surface area contributed by atoms with Crippen LogP contribution >= 0.6 is 0 Å². The summed E-state index contributed by atoms with van der Waals surface area (Å²) in [6.07, 6.45) is -1.45. The lowest BCUT2D eigenvalue weighted by Crippen LogP contribution is -2.08. The Labute approximate surface area is 160 Å². The number of ether oxygens (including phenoxy) is 1. The smallest absolute Gasteiger partial charge is 0.416 e. The molecule has 7 heteroatoms. The van der Waals surface area contributed by atoms with Crippen LogP contribution in [0.1, 0.15) is 24.0 Å². The van der Waals surface area contributed by atoms with Crippen LogP contribution in [-0.4, -0.2) is 23.4 Å². The minimum atomic E-state index is -4.36. The third-order valence-corrected chi connectivity index (χ3v) is 4.91. The molecular weight excluding hydrogens is 367 g/mol. The minimum Gasteiger partial charge on any atom is -0.497 e. The Hall–Kier alpha value is -2.96. The summed E-state index contributed by atoms with van der Waals surface area (Å²) < 4.78 is 45.7. The molecule has 4 rings (SSSR count). The van der Waals surface area contributed by atoms with Crippen LogP contribution in [0.5, 0.6) is 5.75 Å². The van der Waals surface area contributed by atoms with Crippen LogP contribution in [0.4, 0.5) is 19.0 Å². The number of alkyl halides is 3. The number of aromatic nitrogens is 2. The van der Waals surface area contributed by atoms with E-state index in [0.29, 0.717) is 5.69 Å². The van der Waals surface area contributed by atoms with E-state index in [1.165, 1.54) is 12.1 Å². The van der Waals surface area contributed by atoms with Crippen molar-refractivity contribution in [2.45, 2.75) is 25.4 Å². The molecule has 0 unspecified atom stereocenters. The Kier molecular flexibility index (Phi) is 4.75. The van der Waals surface area contributed by atoms with Gasteiger partial charge in [0.2, 0.25) is 0 Å². The number of nitrogens with zero attached hydrogens (tertiary/aromatic N) is 2. The molecule has 2 aromatic carbocycles. The monoisotopic (exact) mass is 387 g/mol. The fourth-order valence-electron chi connectivity index (χ4n) is 3.48. The first-order chi connectivity index (χ1) is 13.5. The number of halogens is 3. The normalized spacial score (nSPS) is 14.1. The lowest BCUT2D eigenvalue weighted by molar-refractivity contribution is -0.137. The van der Waals surface area contributed by atoms with E-state index < -0.39 is 11.7 Å². The van der Waals surface area contributed by atoms with Gasteiger partial charge in [-0.2, -0.15) is 18.3 Å². The summed E-state index contributed by atoms with van der Waals surface area (Å²) in [6, 6.07) is 12.7. The Bertz CT molecular complexity index is 978. The standard InChI is InChI=1S/C21H20F3N3O/c1-28-17-6-4-5-14(13-17)19-18-7-2-3-12-25-20(18)27(26-19)16-10-8-15(9-11-16)21(22,23)24/h4-6,8-11,13,25H,2-3,7,12H2,1H3. The van der Waals surface area contributed by atoms with Gasteiger partial charge < -0.3 is 10.1 Å². The van der Waals surface area contributed by atoms with Gasteiger partial charge in [-0.05, 0) is 55.7 Å². The number of hydrogen-bond donors (Lipinski definition) is 1. The first kappa shape index (κ1) is 18.4. The molecule has 0 atom stereocenters. The molecule has 0 saturated heterocycles. The van der Waals surface area contributed by atoms with E-state index in [9.17, 15) is 13.2 Å². The zero-order valence-electron chi connectivity index (χ0n) is 15.4. The number of benzene rings is 2. The van der Waals surface area contributed by atoms with Gasteiger partial charge in [0.25, 0.3) is 0 Å². The molecule has 28 heavy (non-hydrogen) atoms. The largest absolute Gasteiger partial charge is 0.497 e. The van der Waals surface area contributed by atoms with E-state index in [1.54, 1.807) is 11.8 Å². The Morgan fingerprint density at radius 1 is 1.07 bits per heavy atom. The van der Waals surface area contributed by atoms with Gasteiger partial charge in [-0.3, -0.25) is 0 Å². The van der Waals surface area contributed by atoms with Gasteiger partial charge in [-0.15, -0.1) is 0 Å². The van der Waals surface area contributed by atoms with Crippen LogP contribution in [0.15, 0.2) is 48.5 Å². The van der Waals surface area contributed by atoms with Gasteiger partial charge >= 0.3 is 6.18 Å². The molecule has 0 radical (unpaired) electrons. The predicted octanol–water partition coefficient (Wildman–Crippen LogP) is 5.31. The molecule has 146 valence electrons. The second-order valence-electron chi connectivity index (χ2n) is 6.75. The van der Waals surface area contributed by atoms with Crippen molar-refractivity contribution in [1.29, 1.82) is 0 Å². The summed E-state index contributed by atoms with van der Waals surface area (Å²) in [5.74, 6) is 1.58. The summed E-state index contributed by atoms with van der Waals surface area (Å²) in [4.78, 5) is 0. The lowest BCUT2D eigenvalue weighted by atomic mass is 10.0. The van der Waals surface area contributed by atoms with Gasteiger partial charge in [0.1, 0.15) is 11.6 Å². The number of anilines is 1. The molecule has 3 aromatic rings. The van der Waals surface area contributed by atoms with E-state index in [1.807, 2.05) is 24.3 Å². The number of nitrogens with one attached hydrogen (secondary N) is 1. The number of hydrogen-bond acceptors (Lipinski definition) is 3. The maximum atomic E-state index is 12.9. The van der Waals surface area contributed by atoms with E-state index in [0.717, 1.165) is 66.3 Å². The third kappa shape index (κ3) is 3.44. The number of rotatable bonds is 3. The van der Waals surface area contributed by atoms with Crippen molar-refractivity contribution in [3.8, 4) is 22.7 Å². The Balaban J connectivity index is 1.83. The third-order valence-electron chi connectivity index (χ3n) is 4.91. The lowest BCUT2D eigenvalue weighted by Gasteiger charge is -2.11. The SMILES string of the molecule is COc1cccc(-c2nn(-c3ccc(C(F)(F)F)cc3)c3c2CCCCN3)c1. The van der Waals surface area contributed by atoms with Gasteiger partial charge in [-0.1, -0.05) is 12.1 Å². The molecule has 1 aromatic heterocycles.